The van der Waals surface area contributed by atoms with Crippen LogP contribution in [0.4, 0.5) is 0 Å². The Morgan fingerprint density at radius 1 is 0.818 bits per heavy atom. The molecule has 1 saturated heterocycles. The van der Waals surface area contributed by atoms with E-state index in [1.54, 1.807) is 0 Å². The van der Waals surface area contributed by atoms with Gasteiger partial charge in [0.2, 0.25) is 0 Å². The number of rotatable bonds is 3. The first-order valence-electron chi connectivity index (χ1n) is 8.21. The quantitative estimate of drug-likeness (QED) is 0.786. The minimum absolute atomic E-state index is 1.02. The molecule has 0 amide bonds. The summed E-state index contributed by atoms with van der Waals surface area (Å²) in [5.41, 5.74) is 7.04. The number of hydrogen-bond acceptors (Lipinski definition) is 1. The SMILES string of the molecule is C1=Cc2ccccc2/C1=C(\Cc1ccccc1)N1CCCC1. The number of nitrogens with zero attached hydrogens (tertiary/aromatic N) is 1. The molecule has 0 N–H and O–H groups in total. The van der Waals surface area contributed by atoms with E-state index in [4.69, 9.17) is 0 Å². The fraction of sp³-hybridized carbons (Fsp3) is 0.238. The van der Waals surface area contributed by atoms with Crippen LogP contribution in [-0.4, -0.2) is 18.0 Å². The summed E-state index contributed by atoms with van der Waals surface area (Å²) in [6.45, 7) is 2.39. The van der Waals surface area contributed by atoms with Crippen molar-refractivity contribution in [3.8, 4) is 0 Å². The number of hydrogen-bond donors (Lipinski definition) is 0. The molecule has 110 valence electrons. The van der Waals surface area contributed by atoms with E-state index in [0.29, 0.717) is 0 Å². The Kier molecular flexibility index (Phi) is 3.56. The maximum absolute atomic E-state index is 2.59. The minimum Gasteiger partial charge on any atom is -0.374 e. The summed E-state index contributed by atoms with van der Waals surface area (Å²) in [7, 11) is 0. The van der Waals surface area contributed by atoms with Gasteiger partial charge in [-0.15, -0.1) is 0 Å². The van der Waals surface area contributed by atoms with Gasteiger partial charge in [-0.2, -0.15) is 0 Å². The second-order valence-corrected chi connectivity index (χ2v) is 6.14. The Morgan fingerprint density at radius 2 is 1.55 bits per heavy atom. The first kappa shape index (κ1) is 13.4. The zero-order chi connectivity index (χ0) is 14.8. The van der Waals surface area contributed by atoms with E-state index in [2.05, 4.69) is 71.6 Å². The molecule has 2 aromatic rings. The summed E-state index contributed by atoms with van der Waals surface area (Å²) in [4.78, 5) is 2.59. The fourth-order valence-corrected chi connectivity index (χ4v) is 3.56. The first-order chi connectivity index (χ1) is 10.9. The maximum atomic E-state index is 2.59. The molecule has 1 fully saturated rings. The van der Waals surface area contributed by atoms with Crippen molar-refractivity contribution in [1.29, 1.82) is 0 Å². The standard InChI is InChI=1S/C21H21N/c1-2-8-17(9-3-1)16-21(22-14-6-7-15-22)20-13-12-18-10-4-5-11-19(18)20/h1-5,8-13H,6-7,14-16H2/b21-20+. The molecule has 1 heterocycles. The molecule has 1 aliphatic carbocycles. The summed E-state index contributed by atoms with van der Waals surface area (Å²) in [6, 6.07) is 19.6. The van der Waals surface area contributed by atoms with E-state index in [9.17, 15) is 0 Å². The van der Waals surface area contributed by atoms with Crippen LogP contribution in [0.2, 0.25) is 0 Å². The average molecular weight is 287 g/mol. The Hall–Kier alpha value is -2.28. The zero-order valence-corrected chi connectivity index (χ0v) is 12.8. The fourth-order valence-electron chi connectivity index (χ4n) is 3.56. The molecule has 0 bridgehead atoms. The van der Waals surface area contributed by atoms with E-state index in [1.165, 1.54) is 53.9 Å². The van der Waals surface area contributed by atoms with Gasteiger partial charge >= 0.3 is 0 Å². The Bertz CT molecular complexity index is 719. The van der Waals surface area contributed by atoms with Gasteiger partial charge in [0.25, 0.3) is 0 Å². The maximum Gasteiger partial charge on any atom is 0.0257 e. The number of fused-ring (bicyclic) bond motifs is 1. The normalized spacial score (nSPS) is 18.6. The predicted molar refractivity (Wildman–Crippen MR) is 93.3 cm³/mol. The highest BCUT2D eigenvalue weighted by atomic mass is 15.1. The van der Waals surface area contributed by atoms with Crippen molar-refractivity contribution in [2.45, 2.75) is 19.3 Å². The molecule has 2 aromatic carbocycles. The Balaban J connectivity index is 1.78. The Morgan fingerprint density at radius 3 is 2.36 bits per heavy atom. The lowest BCUT2D eigenvalue weighted by Crippen LogP contribution is -2.21. The summed E-state index contributed by atoms with van der Waals surface area (Å²) in [5.74, 6) is 0. The van der Waals surface area contributed by atoms with E-state index < -0.39 is 0 Å². The zero-order valence-electron chi connectivity index (χ0n) is 12.8. The third-order valence-corrected chi connectivity index (χ3v) is 4.69. The lowest BCUT2D eigenvalue weighted by molar-refractivity contribution is 0.419. The van der Waals surface area contributed by atoms with Crippen molar-refractivity contribution in [2.75, 3.05) is 13.1 Å². The summed E-state index contributed by atoms with van der Waals surface area (Å²) < 4.78 is 0. The van der Waals surface area contributed by atoms with Gasteiger partial charge in [0.15, 0.2) is 0 Å². The third kappa shape index (κ3) is 2.48. The van der Waals surface area contributed by atoms with Crippen LogP contribution in [0, 0.1) is 0 Å². The minimum atomic E-state index is 1.02. The first-order valence-corrected chi connectivity index (χ1v) is 8.21. The van der Waals surface area contributed by atoms with Crippen LogP contribution in [0.3, 0.4) is 0 Å². The molecular weight excluding hydrogens is 266 g/mol. The van der Waals surface area contributed by atoms with Gasteiger partial charge < -0.3 is 4.90 Å². The molecular formula is C21H21N. The Labute approximate surface area is 132 Å². The van der Waals surface area contributed by atoms with Crippen LogP contribution in [0.1, 0.15) is 29.5 Å². The van der Waals surface area contributed by atoms with E-state index >= 15 is 0 Å². The van der Waals surface area contributed by atoms with Gasteiger partial charge in [0.05, 0.1) is 0 Å². The molecule has 0 atom stereocenters. The molecule has 1 aliphatic heterocycles. The van der Waals surface area contributed by atoms with Crippen molar-refractivity contribution < 1.29 is 0 Å². The highest BCUT2D eigenvalue weighted by Gasteiger charge is 2.21. The van der Waals surface area contributed by atoms with Gasteiger partial charge in [0.1, 0.15) is 0 Å². The monoisotopic (exact) mass is 287 g/mol. The molecule has 0 radical (unpaired) electrons. The largest absolute Gasteiger partial charge is 0.374 e. The molecule has 1 nitrogen and oxygen atoms in total. The van der Waals surface area contributed by atoms with Gasteiger partial charge in [-0.25, -0.2) is 0 Å². The van der Waals surface area contributed by atoms with Crippen LogP contribution < -0.4 is 0 Å². The summed E-state index contributed by atoms with van der Waals surface area (Å²) in [6.07, 6.45) is 8.22. The van der Waals surface area contributed by atoms with Crippen LogP contribution in [0.15, 0.2) is 66.4 Å². The smallest absolute Gasteiger partial charge is 0.0257 e. The van der Waals surface area contributed by atoms with Crippen molar-refractivity contribution >= 4 is 11.6 Å². The van der Waals surface area contributed by atoms with Gasteiger partial charge in [-0.1, -0.05) is 66.7 Å². The predicted octanol–water partition coefficient (Wildman–Crippen LogP) is 4.76. The molecule has 0 spiro atoms. The second-order valence-electron chi connectivity index (χ2n) is 6.14. The number of allylic oxidation sites excluding steroid dienone is 3. The topological polar surface area (TPSA) is 3.24 Å². The third-order valence-electron chi connectivity index (χ3n) is 4.69. The van der Waals surface area contributed by atoms with Crippen LogP contribution in [0.25, 0.3) is 11.6 Å². The second kappa shape index (κ2) is 5.84. The van der Waals surface area contributed by atoms with Crippen LogP contribution >= 0.6 is 0 Å². The van der Waals surface area contributed by atoms with Crippen molar-refractivity contribution in [3.63, 3.8) is 0 Å². The number of benzene rings is 2. The highest BCUT2D eigenvalue weighted by Crippen LogP contribution is 2.35. The molecule has 0 saturated carbocycles. The van der Waals surface area contributed by atoms with Crippen molar-refractivity contribution in [2.24, 2.45) is 0 Å². The number of likely N-dealkylation sites (tertiary alicyclic amines) is 1. The molecule has 0 unspecified atom stereocenters. The van der Waals surface area contributed by atoms with E-state index in [1.807, 2.05) is 0 Å². The summed E-state index contributed by atoms with van der Waals surface area (Å²) in [5, 5.41) is 0. The van der Waals surface area contributed by atoms with Crippen molar-refractivity contribution in [3.05, 3.63) is 83.1 Å². The van der Waals surface area contributed by atoms with Gasteiger partial charge in [-0.05, 0) is 29.5 Å². The van der Waals surface area contributed by atoms with Crippen LogP contribution in [0.5, 0.6) is 0 Å². The van der Waals surface area contributed by atoms with E-state index in [0.717, 1.165) is 6.42 Å². The van der Waals surface area contributed by atoms with Crippen LogP contribution in [-0.2, 0) is 6.42 Å². The highest BCUT2D eigenvalue weighted by molar-refractivity contribution is 5.91. The molecule has 22 heavy (non-hydrogen) atoms. The molecule has 1 heteroatoms. The molecule has 2 aliphatic rings. The molecule has 4 rings (SSSR count). The van der Waals surface area contributed by atoms with Gasteiger partial charge in [-0.3, -0.25) is 0 Å². The average Bonchev–Trinajstić information content (AvgIpc) is 3.24. The lowest BCUT2D eigenvalue weighted by atomic mass is 9.99. The summed E-state index contributed by atoms with van der Waals surface area (Å²) >= 11 is 0. The molecule has 0 aromatic heterocycles. The van der Waals surface area contributed by atoms with E-state index in [-0.39, 0.29) is 0 Å². The lowest BCUT2D eigenvalue weighted by Gasteiger charge is -2.24. The van der Waals surface area contributed by atoms with Crippen molar-refractivity contribution in [1.82, 2.24) is 4.90 Å². The van der Waals surface area contributed by atoms with Gasteiger partial charge in [0, 0.05) is 30.8 Å².